The number of hydrogen-bond acceptors (Lipinski definition) is 4. The van der Waals surface area contributed by atoms with Crippen molar-refractivity contribution in [1.29, 1.82) is 0 Å². The van der Waals surface area contributed by atoms with Crippen LogP contribution in [0.25, 0.3) is 0 Å². The third-order valence-electron chi connectivity index (χ3n) is 2.01. The van der Waals surface area contributed by atoms with E-state index < -0.39 is 36.6 Å². The van der Waals surface area contributed by atoms with E-state index in [0.29, 0.717) is 11.3 Å². The highest BCUT2D eigenvalue weighted by Crippen LogP contribution is 2.34. The largest absolute Gasteiger partial charge is 0.443 e. The zero-order chi connectivity index (χ0) is 14.7. The maximum absolute atomic E-state index is 12.3. The second-order valence-electron chi connectivity index (χ2n) is 3.54. The van der Waals surface area contributed by atoms with E-state index in [1.807, 2.05) is 0 Å². The number of alkyl halides is 6. The smallest absolute Gasteiger partial charge is 0.370 e. The first-order chi connectivity index (χ1) is 8.63. The number of nitrogens with zero attached hydrogens (tertiary/aromatic N) is 1. The molecule has 0 aliphatic carbocycles. The summed E-state index contributed by atoms with van der Waals surface area (Å²) in [6.07, 6.45) is -8.05. The van der Waals surface area contributed by atoms with E-state index in [2.05, 4.69) is 15.0 Å². The predicted molar refractivity (Wildman–Crippen MR) is 55.8 cm³/mol. The normalized spacial score (nSPS) is 14.7. The molecule has 0 saturated heterocycles. The summed E-state index contributed by atoms with van der Waals surface area (Å²) in [6.45, 7) is -1.84. The summed E-state index contributed by atoms with van der Waals surface area (Å²) in [7, 11) is 1.41. The maximum Gasteiger partial charge on any atom is 0.443 e. The zero-order valence-electron chi connectivity index (χ0n) is 9.60. The molecule has 1 aromatic heterocycles. The van der Waals surface area contributed by atoms with Gasteiger partial charge in [0.1, 0.15) is 6.61 Å². The second kappa shape index (κ2) is 6.06. The third kappa shape index (κ3) is 5.33. The molecule has 1 heterocycles. The molecule has 1 unspecified atom stereocenters. The van der Waals surface area contributed by atoms with Crippen LogP contribution in [0.15, 0.2) is 6.20 Å². The van der Waals surface area contributed by atoms with Crippen molar-refractivity contribution in [3.63, 3.8) is 0 Å². The highest BCUT2D eigenvalue weighted by molar-refractivity contribution is 7.11. The lowest BCUT2D eigenvalue weighted by atomic mass is 10.3. The fourth-order valence-electron chi connectivity index (χ4n) is 1.18. The van der Waals surface area contributed by atoms with Crippen LogP contribution in [0, 0.1) is 0 Å². The highest BCUT2D eigenvalue weighted by Gasteiger charge is 2.35. The Morgan fingerprint density at radius 1 is 1.32 bits per heavy atom. The van der Waals surface area contributed by atoms with Crippen molar-refractivity contribution in [3.05, 3.63) is 16.1 Å². The van der Waals surface area contributed by atoms with Crippen molar-refractivity contribution in [2.75, 3.05) is 20.3 Å². The Bertz CT molecular complexity index is 402. The molecule has 1 rings (SSSR count). The number of ether oxygens (including phenoxy) is 1. The Hall–Kier alpha value is -0.870. The van der Waals surface area contributed by atoms with E-state index in [1.54, 1.807) is 0 Å². The highest BCUT2D eigenvalue weighted by atomic mass is 32.1. The van der Waals surface area contributed by atoms with Crippen molar-refractivity contribution < 1.29 is 31.1 Å². The fraction of sp³-hybridized carbons (Fsp3) is 0.667. The Morgan fingerprint density at radius 3 is 2.37 bits per heavy atom. The molecule has 1 aromatic rings. The van der Waals surface area contributed by atoms with Gasteiger partial charge in [-0.05, 0) is 7.05 Å². The Kier molecular flexibility index (Phi) is 5.16. The van der Waals surface area contributed by atoms with Gasteiger partial charge < -0.3 is 10.1 Å². The van der Waals surface area contributed by atoms with Crippen LogP contribution in [0.4, 0.5) is 26.3 Å². The van der Waals surface area contributed by atoms with Gasteiger partial charge >= 0.3 is 12.4 Å². The number of rotatable bonds is 5. The lowest BCUT2D eigenvalue weighted by Crippen LogP contribution is -2.25. The van der Waals surface area contributed by atoms with Gasteiger partial charge in [-0.2, -0.15) is 26.3 Å². The van der Waals surface area contributed by atoms with E-state index in [0.717, 1.165) is 6.20 Å². The predicted octanol–water partition coefficient (Wildman–Crippen LogP) is 3.00. The molecule has 0 fully saturated rings. The van der Waals surface area contributed by atoms with Crippen LogP contribution in [0.3, 0.4) is 0 Å². The molecule has 0 amide bonds. The van der Waals surface area contributed by atoms with E-state index >= 15 is 0 Å². The lowest BCUT2D eigenvalue weighted by molar-refractivity contribution is -0.175. The third-order valence-corrected chi connectivity index (χ3v) is 3.16. The molecule has 0 aliphatic heterocycles. The van der Waals surface area contributed by atoms with Crippen LogP contribution in [0.1, 0.15) is 15.9 Å². The summed E-state index contributed by atoms with van der Waals surface area (Å²) < 4.78 is 77.0. The molecule has 19 heavy (non-hydrogen) atoms. The molecular weight excluding hydrogens is 298 g/mol. The van der Waals surface area contributed by atoms with Crippen molar-refractivity contribution in [2.45, 2.75) is 18.4 Å². The average Bonchev–Trinajstić information content (AvgIpc) is 2.71. The van der Waals surface area contributed by atoms with Crippen LogP contribution < -0.4 is 5.32 Å². The quantitative estimate of drug-likeness (QED) is 0.849. The molecule has 110 valence electrons. The van der Waals surface area contributed by atoms with Crippen LogP contribution in [-0.4, -0.2) is 31.4 Å². The summed E-state index contributed by atoms with van der Waals surface area (Å²) >= 11 is 0.371. The molecule has 10 heteroatoms. The first-order valence-corrected chi connectivity index (χ1v) is 5.80. The molecule has 0 bridgehead atoms. The van der Waals surface area contributed by atoms with Crippen molar-refractivity contribution in [2.24, 2.45) is 0 Å². The molecule has 0 aliphatic rings. The molecule has 1 N–H and O–H groups in total. The first kappa shape index (κ1) is 16.2. The minimum Gasteiger partial charge on any atom is -0.370 e. The van der Waals surface area contributed by atoms with Gasteiger partial charge in [-0.15, -0.1) is 11.3 Å². The topological polar surface area (TPSA) is 34.1 Å². The molecule has 0 spiro atoms. The van der Waals surface area contributed by atoms with E-state index in [9.17, 15) is 26.3 Å². The summed E-state index contributed by atoms with van der Waals surface area (Å²) in [5.41, 5.74) is 0. The standard InChI is InChI=1S/C9H10F6N2OS/c1-16-5(3-18-4-8(10,11)12)6-2-17-7(19-6)9(13,14)15/h2,5,16H,3-4H2,1H3. The van der Waals surface area contributed by atoms with Crippen molar-refractivity contribution in [1.82, 2.24) is 10.3 Å². The van der Waals surface area contributed by atoms with Gasteiger partial charge in [0.15, 0.2) is 5.01 Å². The SMILES string of the molecule is CNC(COCC(F)(F)F)c1cnc(C(F)(F)F)s1. The maximum atomic E-state index is 12.3. The monoisotopic (exact) mass is 308 g/mol. The van der Waals surface area contributed by atoms with Gasteiger partial charge in [-0.1, -0.05) is 0 Å². The van der Waals surface area contributed by atoms with E-state index in [1.165, 1.54) is 7.05 Å². The Balaban J connectivity index is 2.63. The van der Waals surface area contributed by atoms with Crippen molar-refractivity contribution in [3.8, 4) is 0 Å². The molecule has 0 radical (unpaired) electrons. The lowest BCUT2D eigenvalue weighted by Gasteiger charge is -2.15. The average molecular weight is 308 g/mol. The van der Waals surface area contributed by atoms with Crippen LogP contribution in [-0.2, 0) is 10.9 Å². The van der Waals surface area contributed by atoms with E-state index in [4.69, 9.17) is 0 Å². The fourth-order valence-corrected chi connectivity index (χ4v) is 2.06. The number of nitrogens with one attached hydrogen (secondary N) is 1. The summed E-state index contributed by atoms with van der Waals surface area (Å²) in [5.74, 6) is 0. The minimum atomic E-state index is -4.56. The number of halogens is 6. The number of aromatic nitrogens is 1. The van der Waals surface area contributed by atoms with Gasteiger partial charge in [0.25, 0.3) is 0 Å². The van der Waals surface area contributed by atoms with Gasteiger partial charge in [-0.3, -0.25) is 0 Å². The van der Waals surface area contributed by atoms with Crippen molar-refractivity contribution >= 4 is 11.3 Å². The van der Waals surface area contributed by atoms with Gasteiger partial charge in [-0.25, -0.2) is 4.98 Å². The second-order valence-corrected chi connectivity index (χ2v) is 4.60. The van der Waals surface area contributed by atoms with Crippen LogP contribution >= 0.6 is 11.3 Å². The summed E-state index contributed by atoms with van der Waals surface area (Å²) in [5, 5.41) is 1.54. The summed E-state index contributed by atoms with van der Waals surface area (Å²) in [6, 6.07) is -0.768. The minimum absolute atomic E-state index is 0.164. The van der Waals surface area contributed by atoms with Gasteiger partial charge in [0.2, 0.25) is 0 Å². The molecule has 1 atom stereocenters. The van der Waals surface area contributed by atoms with Gasteiger partial charge in [0.05, 0.1) is 12.6 Å². The van der Waals surface area contributed by atoms with Crippen LogP contribution in [0.5, 0.6) is 0 Å². The van der Waals surface area contributed by atoms with Crippen LogP contribution in [0.2, 0.25) is 0 Å². The number of likely N-dealkylation sites (N-methyl/N-ethyl adjacent to an activating group) is 1. The molecular formula is C9H10F6N2OS. The van der Waals surface area contributed by atoms with Gasteiger partial charge in [0, 0.05) is 11.1 Å². The first-order valence-electron chi connectivity index (χ1n) is 4.98. The number of hydrogen-bond donors (Lipinski definition) is 1. The zero-order valence-corrected chi connectivity index (χ0v) is 10.4. The molecule has 0 saturated carbocycles. The Labute approximate surface area is 108 Å². The van der Waals surface area contributed by atoms with E-state index in [-0.39, 0.29) is 4.88 Å². The summed E-state index contributed by atoms with van der Waals surface area (Å²) in [4.78, 5) is 3.35. The number of thiazole rings is 1. The molecule has 0 aromatic carbocycles. The molecule has 3 nitrogen and oxygen atoms in total. The Morgan fingerprint density at radius 2 is 1.95 bits per heavy atom.